The number of benzene rings is 1. The summed E-state index contributed by atoms with van der Waals surface area (Å²) in [5.41, 5.74) is 1.00. The molecule has 0 bridgehead atoms. The van der Waals surface area contributed by atoms with Gasteiger partial charge in [0.25, 0.3) is 0 Å². The van der Waals surface area contributed by atoms with Crippen LogP contribution in [0.3, 0.4) is 0 Å². The summed E-state index contributed by atoms with van der Waals surface area (Å²) < 4.78 is 12.7. The molecule has 5 heteroatoms. The van der Waals surface area contributed by atoms with E-state index in [1.54, 1.807) is 12.1 Å². The fraction of sp³-hybridized carbons (Fsp3) is 0.500. The fourth-order valence-corrected chi connectivity index (χ4v) is 2.37. The molecule has 0 aliphatic carbocycles. The van der Waals surface area contributed by atoms with Crippen molar-refractivity contribution in [3.05, 3.63) is 35.6 Å². The largest absolute Gasteiger partial charge is 0.396 e. The van der Waals surface area contributed by atoms with Crippen LogP contribution in [-0.2, 0) is 11.2 Å². The molecule has 0 saturated carbocycles. The number of aliphatic hydroxyl groups excluding tert-OH is 1. The van der Waals surface area contributed by atoms with Gasteiger partial charge in [0, 0.05) is 13.2 Å². The van der Waals surface area contributed by atoms with Crippen LogP contribution < -0.4 is 5.32 Å². The van der Waals surface area contributed by atoms with Gasteiger partial charge in [0.2, 0.25) is 5.91 Å². The summed E-state index contributed by atoms with van der Waals surface area (Å²) in [4.78, 5) is 11.5. The first-order valence-electron chi connectivity index (χ1n) is 6.31. The van der Waals surface area contributed by atoms with Gasteiger partial charge >= 0.3 is 0 Å². The van der Waals surface area contributed by atoms with Crippen LogP contribution in [0.15, 0.2) is 24.3 Å². The normalized spacial score (nSPS) is 12.2. The molecule has 0 saturated heterocycles. The first-order chi connectivity index (χ1) is 9.11. The average Bonchev–Trinajstić information content (AvgIpc) is 2.41. The molecule has 0 aliphatic heterocycles. The molecular weight excluding hydrogens is 265 g/mol. The van der Waals surface area contributed by atoms with Crippen LogP contribution in [0.2, 0.25) is 0 Å². The lowest BCUT2D eigenvalue weighted by molar-refractivity contribution is -0.118. The van der Waals surface area contributed by atoms with E-state index in [9.17, 15) is 9.18 Å². The molecule has 0 fully saturated rings. The molecule has 0 aliphatic rings. The van der Waals surface area contributed by atoms with E-state index in [0.29, 0.717) is 18.7 Å². The summed E-state index contributed by atoms with van der Waals surface area (Å²) in [7, 11) is 0. The highest BCUT2D eigenvalue weighted by molar-refractivity contribution is 7.99. The smallest absolute Gasteiger partial charge is 0.230 e. The van der Waals surface area contributed by atoms with Crippen molar-refractivity contribution in [2.45, 2.75) is 13.3 Å². The van der Waals surface area contributed by atoms with Gasteiger partial charge in [-0.3, -0.25) is 4.79 Å². The van der Waals surface area contributed by atoms with E-state index in [1.165, 1.54) is 23.9 Å². The summed E-state index contributed by atoms with van der Waals surface area (Å²) in [5, 5.41) is 11.7. The third-order valence-corrected chi connectivity index (χ3v) is 3.87. The molecule has 0 aromatic heterocycles. The molecular formula is C14H20FNO2S. The Kier molecular flexibility index (Phi) is 7.52. The SMILES string of the molecule is CC(CO)CSCC(=O)NCCc1ccc(F)cc1. The zero-order chi connectivity index (χ0) is 14.1. The van der Waals surface area contributed by atoms with E-state index in [0.717, 1.165) is 11.3 Å². The molecule has 2 N–H and O–H groups in total. The van der Waals surface area contributed by atoms with Gasteiger partial charge in [-0.15, -0.1) is 0 Å². The summed E-state index contributed by atoms with van der Waals surface area (Å²) in [6.07, 6.45) is 0.698. The lowest BCUT2D eigenvalue weighted by Crippen LogP contribution is -2.27. The molecule has 0 spiro atoms. The van der Waals surface area contributed by atoms with Crippen LogP contribution >= 0.6 is 11.8 Å². The Morgan fingerprint density at radius 1 is 1.42 bits per heavy atom. The van der Waals surface area contributed by atoms with Gasteiger partial charge in [0.1, 0.15) is 5.82 Å². The van der Waals surface area contributed by atoms with Gasteiger partial charge in [0.05, 0.1) is 5.75 Å². The van der Waals surface area contributed by atoms with E-state index < -0.39 is 0 Å². The molecule has 1 amide bonds. The van der Waals surface area contributed by atoms with Crippen molar-refractivity contribution in [1.29, 1.82) is 0 Å². The Bertz CT molecular complexity index is 384. The quantitative estimate of drug-likeness (QED) is 0.766. The predicted molar refractivity (Wildman–Crippen MR) is 76.7 cm³/mol. The second-order valence-electron chi connectivity index (χ2n) is 4.53. The summed E-state index contributed by atoms with van der Waals surface area (Å²) in [6.45, 7) is 2.65. The van der Waals surface area contributed by atoms with Gasteiger partial charge in [-0.05, 0) is 35.8 Å². The van der Waals surface area contributed by atoms with Crippen LogP contribution in [0.25, 0.3) is 0 Å². The maximum atomic E-state index is 12.7. The number of carbonyl (C=O) groups excluding carboxylic acids is 1. The first kappa shape index (κ1) is 16.0. The summed E-state index contributed by atoms with van der Waals surface area (Å²) >= 11 is 1.52. The summed E-state index contributed by atoms with van der Waals surface area (Å²) in [6, 6.07) is 6.28. The van der Waals surface area contributed by atoms with E-state index in [4.69, 9.17) is 5.11 Å². The first-order valence-corrected chi connectivity index (χ1v) is 7.47. The summed E-state index contributed by atoms with van der Waals surface area (Å²) in [5.74, 6) is 1.16. The zero-order valence-corrected chi connectivity index (χ0v) is 11.9. The van der Waals surface area contributed by atoms with Crippen molar-refractivity contribution >= 4 is 17.7 Å². The molecule has 19 heavy (non-hydrogen) atoms. The van der Waals surface area contributed by atoms with Gasteiger partial charge in [0.15, 0.2) is 0 Å². The molecule has 1 atom stereocenters. The number of aliphatic hydroxyl groups is 1. The van der Waals surface area contributed by atoms with Crippen molar-refractivity contribution in [2.24, 2.45) is 5.92 Å². The molecule has 1 aromatic rings. The van der Waals surface area contributed by atoms with Crippen LogP contribution in [0.4, 0.5) is 4.39 Å². The molecule has 106 valence electrons. The van der Waals surface area contributed by atoms with Crippen LogP contribution in [0.1, 0.15) is 12.5 Å². The van der Waals surface area contributed by atoms with E-state index in [2.05, 4.69) is 5.32 Å². The monoisotopic (exact) mass is 285 g/mol. The van der Waals surface area contributed by atoms with E-state index >= 15 is 0 Å². The van der Waals surface area contributed by atoms with Crippen LogP contribution in [0, 0.1) is 11.7 Å². The number of nitrogens with one attached hydrogen (secondary N) is 1. The van der Waals surface area contributed by atoms with E-state index in [-0.39, 0.29) is 24.2 Å². The van der Waals surface area contributed by atoms with Crippen LogP contribution in [-0.4, -0.2) is 35.7 Å². The van der Waals surface area contributed by atoms with Gasteiger partial charge < -0.3 is 10.4 Å². The van der Waals surface area contributed by atoms with Crippen LogP contribution in [0.5, 0.6) is 0 Å². The van der Waals surface area contributed by atoms with Crippen molar-refractivity contribution in [3.8, 4) is 0 Å². The number of hydrogen-bond acceptors (Lipinski definition) is 3. The fourth-order valence-electron chi connectivity index (χ4n) is 1.45. The van der Waals surface area contributed by atoms with Crippen molar-refractivity contribution in [2.75, 3.05) is 24.7 Å². The van der Waals surface area contributed by atoms with Crippen molar-refractivity contribution in [1.82, 2.24) is 5.32 Å². The highest BCUT2D eigenvalue weighted by atomic mass is 32.2. The Morgan fingerprint density at radius 2 is 2.11 bits per heavy atom. The zero-order valence-electron chi connectivity index (χ0n) is 11.1. The van der Waals surface area contributed by atoms with Crippen molar-refractivity contribution in [3.63, 3.8) is 0 Å². The minimum atomic E-state index is -0.248. The number of thioether (sulfide) groups is 1. The Morgan fingerprint density at radius 3 is 2.74 bits per heavy atom. The second kappa shape index (κ2) is 8.93. The number of hydrogen-bond donors (Lipinski definition) is 2. The highest BCUT2D eigenvalue weighted by Crippen LogP contribution is 2.07. The topological polar surface area (TPSA) is 49.3 Å². The number of carbonyl (C=O) groups is 1. The molecule has 1 unspecified atom stereocenters. The minimum absolute atomic E-state index is 0.00254. The molecule has 0 radical (unpaired) electrons. The lowest BCUT2D eigenvalue weighted by atomic mass is 10.1. The number of rotatable bonds is 8. The predicted octanol–water partition coefficient (Wildman–Crippen LogP) is 1.85. The number of amides is 1. The molecule has 0 heterocycles. The van der Waals surface area contributed by atoms with Gasteiger partial charge in [-0.25, -0.2) is 4.39 Å². The lowest BCUT2D eigenvalue weighted by Gasteiger charge is -2.08. The van der Waals surface area contributed by atoms with E-state index in [1.807, 2.05) is 6.92 Å². The third kappa shape index (κ3) is 7.18. The maximum absolute atomic E-state index is 12.7. The maximum Gasteiger partial charge on any atom is 0.230 e. The second-order valence-corrected chi connectivity index (χ2v) is 5.56. The van der Waals surface area contributed by atoms with Gasteiger partial charge in [-0.2, -0.15) is 11.8 Å². The molecule has 1 aromatic carbocycles. The highest BCUT2D eigenvalue weighted by Gasteiger charge is 2.04. The third-order valence-electron chi connectivity index (χ3n) is 2.60. The Labute approximate surface area is 117 Å². The average molecular weight is 285 g/mol. The number of halogens is 1. The minimum Gasteiger partial charge on any atom is -0.396 e. The molecule has 1 rings (SSSR count). The van der Waals surface area contributed by atoms with Gasteiger partial charge in [-0.1, -0.05) is 19.1 Å². The Hall–Kier alpha value is -1.07. The Balaban J connectivity index is 2.11. The van der Waals surface area contributed by atoms with Crippen molar-refractivity contribution < 1.29 is 14.3 Å². The standard InChI is InChI=1S/C14H20FNO2S/c1-11(8-17)9-19-10-14(18)16-7-6-12-2-4-13(15)5-3-12/h2-5,11,17H,6-10H2,1H3,(H,16,18). The molecule has 3 nitrogen and oxygen atoms in total.